The molecule has 2 unspecified atom stereocenters. The minimum atomic E-state index is -0.816. The number of hydrogen-bond acceptors (Lipinski definition) is 5. The number of hydrogen-bond donors (Lipinski definition) is 2. The highest BCUT2D eigenvalue weighted by Gasteiger charge is 2.44. The third-order valence-electron chi connectivity index (χ3n) is 6.57. The second-order valence-corrected chi connectivity index (χ2v) is 8.23. The first-order valence-electron chi connectivity index (χ1n) is 10.1. The zero-order valence-corrected chi connectivity index (χ0v) is 15.8. The summed E-state index contributed by atoms with van der Waals surface area (Å²) in [6.45, 7) is 0.849. The molecule has 1 amide bonds. The van der Waals surface area contributed by atoms with E-state index >= 15 is 0 Å². The maximum absolute atomic E-state index is 13.0. The van der Waals surface area contributed by atoms with Crippen LogP contribution in [0.4, 0.5) is 0 Å². The van der Waals surface area contributed by atoms with Gasteiger partial charge in [0.2, 0.25) is 0 Å². The van der Waals surface area contributed by atoms with E-state index in [4.69, 9.17) is 15.2 Å². The first-order valence-corrected chi connectivity index (χ1v) is 10.1. The van der Waals surface area contributed by atoms with Crippen LogP contribution < -0.4 is 10.5 Å². The largest absolute Gasteiger partial charge is 0.483 e. The molecule has 3 aliphatic heterocycles. The van der Waals surface area contributed by atoms with Crippen molar-refractivity contribution in [2.45, 2.75) is 62.1 Å². The van der Waals surface area contributed by atoms with Gasteiger partial charge in [-0.25, -0.2) is 0 Å². The fraction of sp³-hybridized carbons (Fsp3) is 0.667. The maximum Gasteiger partial charge on any atom is 0.260 e. The summed E-state index contributed by atoms with van der Waals surface area (Å²) >= 11 is 0. The number of para-hydroxylation sites is 1. The molecule has 1 saturated carbocycles. The number of fused-ring (bicyclic) bond motifs is 5. The first-order chi connectivity index (χ1) is 13.1. The van der Waals surface area contributed by atoms with Crippen molar-refractivity contribution in [3.63, 3.8) is 0 Å². The van der Waals surface area contributed by atoms with Crippen LogP contribution in [-0.4, -0.2) is 60.0 Å². The van der Waals surface area contributed by atoms with Gasteiger partial charge in [-0.05, 0) is 56.1 Å². The Morgan fingerprint density at radius 2 is 2.00 bits per heavy atom. The Morgan fingerprint density at radius 3 is 2.78 bits per heavy atom. The monoisotopic (exact) mass is 374 g/mol. The highest BCUT2D eigenvalue weighted by atomic mass is 16.5. The first kappa shape index (κ1) is 18.7. The molecule has 0 radical (unpaired) electrons. The third kappa shape index (κ3) is 3.71. The Balaban J connectivity index is 1.64. The summed E-state index contributed by atoms with van der Waals surface area (Å²) in [7, 11) is 0. The molecule has 1 saturated heterocycles. The second-order valence-electron chi connectivity index (χ2n) is 8.23. The van der Waals surface area contributed by atoms with Crippen molar-refractivity contribution in [1.82, 2.24) is 4.90 Å². The minimum Gasteiger partial charge on any atom is -0.483 e. The summed E-state index contributed by atoms with van der Waals surface area (Å²) in [5.41, 5.74) is 6.87. The van der Waals surface area contributed by atoms with Gasteiger partial charge in [0.05, 0.1) is 30.9 Å². The third-order valence-corrected chi connectivity index (χ3v) is 6.57. The maximum atomic E-state index is 13.0. The normalized spacial score (nSPS) is 34.5. The van der Waals surface area contributed by atoms with E-state index in [0.29, 0.717) is 25.5 Å². The van der Waals surface area contributed by atoms with Crippen molar-refractivity contribution < 1.29 is 19.4 Å². The molecule has 148 valence electrons. The molecule has 6 heteroatoms. The molecule has 0 spiro atoms. The van der Waals surface area contributed by atoms with E-state index in [1.165, 1.54) is 5.56 Å². The minimum absolute atomic E-state index is 0.00876. The molecule has 2 fully saturated rings. The fourth-order valence-electron chi connectivity index (χ4n) is 4.89. The van der Waals surface area contributed by atoms with E-state index < -0.39 is 5.54 Å². The van der Waals surface area contributed by atoms with Crippen molar-refractivity contribution >= 4 is 5.91 Å². The number of amides is 1. The van der Waals surface area contributed by atoms with Crippen molar-refractivity contribution in [3.05, 3.63) is 29.8 Å². The molecule has 27 heavy (non-hydrogen) atoms. The van der Waals surface area contributed by atoms with Crippen LogP contribution in [-0.2, 0) is 9.53 Å². The van der Waals surface area contributed by atoms with Gasteiger partial charge in [0, 0.05) is 6.54 Å². The van der Waals surface area contributed by atoms with Gasteiger partial charge >= 0.3 is 0 Å². The zero-order chi connectivity index (χ0) is 18.9. The Labute approximate surface area is 160 Å². The Morgan fingerprint density at radius 1 is 1.22 bits per heavy atom. The smallest absolute Gasteiger partial charge is 0.260 e. The molecular formula is C21H30N2O4. The number of aliphatic hydroxyl groups excluding tert-OH is 1. The summed E-state index contributed by atoms with van der Waals surface area (Å²) < 4.78 is 12.2. The van der Waals surface area contributed by atoms with E-state index in [2.05, 4.69) is 6.07 Å². The summed E-state index contributed by atoms with van der Waals surface area (Å²) in [5.74, 6) is 1.17. The number of benzene rings is 1. The lowest BCUT2D eigenvalue weighted by Gasteiger charge is -2.47. The average molecular weight is 374 g/mol. The molecule has 2 atom stereocenters. The van der Waals surface area contributed by atoms with Gasteiger partial charge in [-0.2, -0.15) is 0 Å². The van der Waals surface area contributed by atoms with Crippen LogP contribution >= 0.6 is 0 Å². The highest BCUT2D eigenvalue weighted by Crippen LogP contribution is 2.39. The molecule has 1 aromatic carbocycles. The van der Waals surface area contributed by atoms with Crippen LogP contribution in [0.3, 0.4) is 0 Å². The number of rotatable bonds is 1. The summed E-state index contributed by atoms with van der Waals surface area (Å²) in [4.78, 5) is 14.7. The van der Waals surface area contributed by atoms with E-state index in [1.807, 2.05) is 18.2 Å². The summed E-state index contributed by atoms with van der Waals surface area (Å²) in [5, 5.41) is 9.92. The standard InChI is InChI=1S/C21H30N2O4/c22-21(14-24)10-3-11-23-19(21)12-26-16-8-6-15(7-9-16)17-4-1-2-5-18(17)27-13-20(23)25/h1-2,4-5,15-16,19,24H,3,6-14,22H2. The van der Waals surface area contributed by atoms with E-state index in [0.717, 1.165) is 37.9 Å². The molecule has 3 heterocycles. The molecule has 1 aromatic rings. The molecule has 5 rings (SSSR count). The van der Waals surface area contributed by atoms with Gasteiger partial charge in [-0.15, -0.1) is 0 Å². The van der Waals surface area contributed by atoms with Crippen molar-refractivity contribution in [3.8, 4) is 5.75 Å². The van der Waals surface area contributed by atoms with Crippen LogP contribution in [0.25, 0.3) is 0 Å². The molecular weight excluding hydrogens is 344 g/mol. The number of carbonyl (C=O) groups is 1. The number of ether oxygens (including phenoxy) is 2. The molecule has 3 N–H and O–H groups in total. The van der Waals surface area contributed by atoms with Gasteiger partial charge < -0.3 is 25.2 Å². The van der Waals surface area contributed by atoms with Crippen molar-refractivity contribution in [2.24, 2.45) is 5.73 Å². The number of aliphatic hydroxyl groups is 1. The van der Waals surface area contributed by atoms with Crippen molar-refractivity contribution in [2.75, 3.05) is 26.4 Å². The summed E-state index contributed by atoms with van der Waals surface area (Å²) in [6, 6.07) is 7.75. The Hall–Kier alpha value is -1.63. The van der Waals surface area contributed by atoms with Gasteiger partial charge in [0.15, 0.2) is 6.61 Å². The number of carbonyl (C=O) groups excluding carboxylic acids is 1. The zero-order valence-electron chi connectivity index (χ0n) is 15.8. The van der Waals surface area contributed by atoms with Gasteiger partial charge in [-0.1, -0.05) is 18.2 Å². The second kappa shape index (κ2) is 7.78. The quantitative estimate of drug-likeness (QED) is 0.783. The topological polar surface area (TPSA) is 85.0 Å². The van der Waals surface area contributed by atoms with Crippen LogP contribution in [0.1, 0.15) is 50.0 Å². The predicted molar refractivity (Wildman–Crippen MR) is 102 cm³/mol. The lowest BCUT2D eigenvalue weighted by atomic mass is 9.81. The highest BCUT2D eigenvalue weighted by molar-refractivity contribution is 5.78. The number of piperidine rings is 1. The van der Waals surface area contributed by atoms with Crippen LogP contribution in [0.15, 0.2) is 24.3 Å². The van der Waals surface area contributed by atoms with E-state index in [9.17, 15) is 9.90 Å². The van der Waals surface area contributed by atoms with Crippen LogP contribution in [0.2, 0.25) is 0 Å². The van der Waals surface area contributed by atoms with E-state index in [1.54, 1.807) is 4.90 Å². The van der Waals surface area contributed by atoms with Crippen LogP contribution in [0.5, 0.6) is 5.75 Å². The Bertz CT molecular complexity index is 674. The number of nitrogens with zero attached hydrogens (tertiary/aromatic N) is 1. The SMILES string of the molecule is NC1(CO)CCCN2C(=O)COc3ccccc3C3CCC(CC3)OCC21. The van der Waals surface area contributed by atoms with Crippen molar-refractivity contribution in [1.29, 1.82) is 0 Å². The predicted octanol–water partition coefficient (Wildman–Crippen LogP) is 1.80. The van der Waals surface area contributed by atoms with Gasteiger partial charge in [0.1, 0.15) is 5.75 Å². The molecule has 0 aromatic heterocycles. The average Bonchev–Trinajstić information content (AvgIpc) is 2.72. The fourth-order valence-corrected chi connectivity index (χ4v) is 4.89. The summed E-state index contributed by atoms with van der Waals surface area (Å²) in [6.07, 6.45) is 5.77. The Kier molecular flexibility index (Phi) is 5.39. The molecule has 6 nitrogen and oxygen atoms in total. The van der Waals surface area contributed by atoms with Crippen LogP contribution in [0, 0.1) is 0 Å². The molecule has 1 aliphatic carbocycles. The van der Waals surface area contributed by atoms with Gasteiger partial charge in [-0.3, -0.25) is 4.79 Å². The lowest BCUT2D eigenvalue weighted by molar-refractivity contribution is -0.144. The van der Waals surface area contributed by atoms with Gasteiger partial charge in [0.25, 0.3) is 5.91 Å². The molecule has 2 bridgehead atoms. The lowest BCUT2D eigenvalue weighted by Crippen LogP contribution is -2.67. The van der Waals surface area contributed by atoms with E-state index in [-0.39, 0.29) is 31.3 Å². The number of nitrogens with two attached hydrogens (primary N) is 1. The molecule has 4 aliphatic rings.